The largest absolute Gasteiger partial charge is 0.508 e. The van der Waals surface area contributed by atoms with Crippen LogP contribution in [0.2, 0.25) is 0 Å². The minimum atomic E-state index is -0.973. The van der Waals surface area contributed by atoms with Crippen LogP contribution in [0.25, 0.3) is 22.4 Å². The quantitative estimate of drug-likeness (QED) is 0.254. The summed E-state index contributed by atoms with van der Waals surface area (Å²) in [5, 5.41) is 10.7. The Hall–Kier alpha value is -3.90. The summed E-state index contributed by atoms with van der Waals surface area (Å²) in [6.07, 6.45) is 0. The molecule has 0 amide bonds. The topological polar surface area (TPSA) is 20.2 Å². The highest BCUT2D eigenvalue weighted by Crippen LogP contribution is 2.34. The van der Waals surface area contributed by atoms with Crippen molar-refractivity contribution < 1.29 is 13.9 Å². The third-order valence-electron chi connectivity index (χ3n) is 4.87. The molecule has 4 aromatic rings. The van der Waals surface area contributed by atoms with Crippen LogP contribution in [0, 0.1) is 18.8 Å². The van der Waals surface area contributed by atoms with Crippen LogP contribution in [0.4, 0.5) is 8.78 Å². The van der Waals surface area contributed by atoms with Crippen molar-refractivity contribution in [1.82, 2.24) is 0 Å². The second kappa shape index (κ2) is 10.4. The Kier molecular flexibility index (Phi) is 7.41. The summed E-state index contributed by atoms with van der Waals surface area (Å²) in [7, 11) is 0. The molecule has 3 heteroatoms. The third kappa shape index (κ3) is 5.04. The molecule has 4 aromatic carbocycles. The summed E-state index contributed by atoms with van der Waals surface area (Å²) in [4.78, 5) is 0. The summed E-state index contributed by atoms with van der Waals surface area (Å²) in [5.41, 5.74) is 3.02. The molecule has 0 saturated carbocycles. The van der Waals surface area contributed by atoms with Gasteiger partial charge in [-0.15, -0.1) is 0 Å². The van der Waals surface area contributed by atoms with Gasteiger partial charge in [-0.2, -0.15) is 0 Å². The van der Waals surface area contributed by atoms with Crippen molar-refractivity contribution in [2.45, 2.75) is 20.8 Å². The number of phenols is 1. The highest BCUT2D eigenvalue weighted by molar-refractivity contribution is 6.00. The molecule has 1 nitrogen and oxygen atoms in total. The number of benzene rings is 4. The normalized spacial score (nSPS) is 11.0. The lowest BCUT2D eigenvalue weighted by atomic mass is 9.97. The number of hydrogen-bond acceptors (Lipinski definition) is 1. The highest BCUT2D eigenvalue weighted by Gasteiger charge is 2.15. The molecule has 32 heavy (non-hydrogen) atoms. The molecular formula is C29H24F2O. The number of aryl methyl sites for hydroxylation is 1. The predicted octanol–water partition coefficient (Wildman–Crippen LogP) is 8.04. The van der Waals surface area contributed by atoms with Crippen molar-refractivity contribution in [1.29, 1.82) is 0 Å². The first-order valence-electron chi connectivity index (χ1n) is 10.5. The van der Waals surface area contributed by atoms with Gasteiger partial charge < -0.3 is 5.11 Å². The number of rotatable bonds is 2. The van der Waals surface area contributed by atoms with E-state index in [0.29, 0.717) is 5.39 Å². The minimum Gasteiger partial charge on any atom is -0.508 e. The average molecular weight is 427 g/mol. The minimum absolute atomic E-state index is 0.00564. The Labute approximate surface area is 187 Å². The van der Waals surface area contributed by atoms with E-state index in [-0.39, 0.29) is 16.9 Å². The molecular weight excluding hydrogens is 402 g/mol. The van der Waals surface area contributed by atoms with Crippen LogP contribution in [-0.4, -0.2) is 5.11 Å². The maximum absolute atomic E-state index is 15.1. The van der Waals surface area contributed by atoms with Crippen molar-refractivity contribution in [3.05, 3.63) is 113 Å². The van der Waals surface area contributed by atoms with Crippen molar-refractivity contribution in [2.24, 2.45) is 0 Å². The Bertz CT molecular complexity index is 1310. The van der Waals surface area contributed by atoms with Gasteiger partial charge in [0.25, 0.3) is 0 Å². The molecule has 0 aliphatic carbocycles. The van der Waals surface area contributed by atoms with E-state index in [1.807, 2.05) is 57.2 Å². The van der Waals surface area contributed by atoms with Gasteiger partial charge >= 0.3 is 0 Å². The van der Waals surface area contributed by atoms with E-state index in [2.05, 4.69) is 11.8 Å². The molecule has 0 aromatic heterocycles. The van der Waals surface area contributed by atoms with Crippen molar-refractivity contribution in [2.75, 3.05) is 0 Å². The molecule has 0 aliphatic rings. The molecule has 0 bridgehead atoms. The fourth-order valence-corrected chi connectivity index (χ4v) is 3.23. The van der Waals surface area contributed by atoms with Crippen molar-refractivity contribution in [3.63, 3.8) is 0 Å². The number of fused-ring (bicyclic) bond motifs is 1. The molecule has 1 N–H and O–H groups in total. The summed E-state index contributed by atoms with van der Waals surface area (Å²) in [6, 6.07) is 23.7. The van der Waals surface area contributed by atoms with Gasteiger partial charge in [-0.05, 0) is 60.2 Å². The molecule has 160 valence electrons. The Balaban J connectivity index is 0.00000141. The first-order valence-corrected chi connectivity index (χ1v) is 10.5. The van der Waals surface area contributed by atoms with Crippen LogP contribution in [0.5, 0.6) is 5.75 Å². The van der Waals surface area contributed by atoms with Gasteiger partial charge in [-0.25, -0.2) is 8.78 Å². The van der Waals surface area contributed by atoms with Crippen LogP contribution in [0.1, 0.15) is 41.7 Å². The van der Waals surface area contributed by atoms with Gasteiger partial charge in [-0.1, -0.05) is 73.7 Å². The zero-order chi connectivity index (χ0) is 23.1. The number of aromatic hydroxyl groups is 1. The van der Waals surface area contributed by atoms with E-state index in [0.717, 1.165) is 22.1 Å². The second-order valence-electron chi connectivity index (χ2n) is 7.00. The molecule has 0 radical (unpaired) electrons. The van der Waals surface area contributed by atoms with E-state index in [1.54, 1.807) is 24.3 Å². The lowest BCUT2D eigenvalue weighted by molar-refractivity contribution is 0.475. The molecule has 4 rings (SSSR count). The molecule has 0 atom stereocenters. The molecule has 0 unspecified atom stereocenters. The van der Waals surface area contributed by atoms with E-state index in [9.17, 15) is 9.50 Å². The predicted molar refractivity (Wildman–Crippen MR) is 130 cm³/mol. The molecule has 0 saturated heterocycles. The maximum atomic E-state index is 15.1. The summed E-state index contributed by atoms with van der Waals surface area (Å²) >= 11 is 0. The first kappa shape index (κ1) is 22.8. The zero-order valence-corrected chi connectivity index (χ0v) is 18.3. The summed E-state index contributed by atoms with van der Waals surface area (Å²) in [6.45, 7) is 6.02. The molecule has 0 fully saturated rings. The number of halogens is 2. The summed E-state index contributed by atoms with van der Waals surface area (Å²) < 4.78 is 29.8. The Morgan fingerprint density at radius 1 is 0.688 bits per heavy atom. The van der Waals surface area contributed by atoms with Gasteiger partial charge in [0.1, 0.15) is 5.75 Å². The fraction of sp³-hybridized carbons (Fsp3) is 0.103. The molecule has 0 spiro atoms. The SMILES string of the molecule is CC.Cc1ccc(C#Cc2ccc(/C(F)=C(\F)c3ccc(O)cc3)c3ccccc23)cc1. The lowest BCUT2D eigenvalue weighted by Crippen LogP contribution is -1.89. The zero-order valence-electron chi connectivity index (χ0n) is 18.3. The Morgan fingerprint density at radius 2 is 1.31 bits per heavy atom. The fourth-order valence-electron chi connectivity index (χ4n) is 3.23. The standard InChI is InChI=1S/C27H18F2O.C2H6/c1-18-6-8-19(9-7-18)10-11-20-14-17-25(24-5-3-2-4-23(20)24)27(29)26(28)21-12-15-22(30)16-13-21;1-2/h2-9,12-17,30H,1H3;1-2H3/b27-26+;. The smallest absolute Gasteiger partial charge is 0.167 e. The molecule has 0 aliphatic heterocycles. The van der Waals surface area contributed by atoms with Crippen LogP contribution < -0.4 is 0 Å². The maximum Gasteiger partial charge on any atom is 0.167 e. The highest BCUT2D eigenvalue weighted by atomic mass is 19.2. The van der Waals surface area contributed by atoms with Crippen molar-refractivity contribution in [3.8, 4) is 17.6 Å². The number of phenolic OH excluding ortho intramolecular Hbond substituents is 1. The lowest BCUT2D eigenvalue weighted by Gasteiger charge is -2.08. The van der Waals surface area contributed by atoms with Gasteiger partial charge in [0.05, 0.1) is 0 Å². The van der Waals surface area contributed by atoms with Gasteiger partial charge in [0.15, 0.2) is 11.7 Å². The van der Waals surface area contributed by atoms with E-state index < -0.39 is 11.7 Å². The van der Waals surface area contributed by atoms with Crippen LogP contribution in [-0.2, 0) is 0 Å². The van der Waals surface area contributed by atoms with Gasteiger partial charge in [-0.3, -0.25) is 0 Å². The number of hydrogen-bond donors (Lipinski definition) is 1. The Morgan fingerprint density at radius 3 is 1.97 bits per heavy atom. The van der Waals surface area contributed by atoms with Crippen molar-refractivity contribution >= 4 is 22.4 Å². The van der Waals surface area contributed by atoms with E-state index >= 15 is 4.39 Å². The first-order chi connectivity index (χ1) is 15.5. The van der Waals surface area contributed by atoms with Crippen LogP contribution in [0.3, 0.4) is 0 Å². The third-order valence-corrected chi connectivity index (χ3v) is 4.87. The van der Waals surface area contributed by atoms with Gasteiger partial charge in [0.2, 0.25) is 0 Å². The molecule has 0 heterocycles. The van der Waals surface area contributed by atoms with E-state index in [4.69, 9.17) is 0 Å². The summed E-state index contributed by atoms with van der Waals surface area (Å²) in [5.74, 6) is 4.35. The van der Waals surface area contributed by atoms with Crippen LogP contribution in [0.15, 0.2) is 84.9 Å². The van der Waals surface area contributed by atoms with Crippen LogP contribution >= 0.6 is 0 Å². The van der Waals surface area contributed by atoms with E-state index in [1.165, 1.54) is 24.3 Å². The second-order valence-corrected chi connectivity index (χ2v) is 7.00. The monoisotopic (exact) mass is 426 g/mol. The average Bonchev–Trinajstić information content (AvgIpc) is 2.84. The van der Waals surface area contributed by atoms with Gasteiger partial charge in [0, 0.05) is 22.3 Å².